The molecule has 0 saturated carbocycles. The minimum Gasteiger partial charge on any atom is -0.394 e. The van der Waals surface area contributed by atoms with E-state index in [0.717, 1.165) is 24.2 Å². The molecule has 0 aromatic heterocycles. The summed E-state index contributed by atoms with van der Waals surface area (Å²) < 4.78 is 0. The molecule has 0 fully saturated rings. The molecule has 0 heterocycles. The lowest BCUT2D eigenvalue weighted by Gasteiger charge is -2.10. The van der Waals surface area contributed by atoms with E-state index in [1.54, 1.807) is 0 Å². The first-order valence-electron chi connectivity index (χ1n) is 4.98. The van der Waals surface area contributed by atoms with Crippen molar-refractivity contribution in [2.24, 2.45) is 5.73 Å². The number of hydrogen-bond acceptors (Lipinski definition) is 3. The number of hydrogen-bond donors (Lipinski definition) is 3. The standard InChI is InChI=1S/C11H18N2O/c1-2-7-13-10-5-3-9(4-6-10)11(12)8-14/h3-6,11,13-14H,2,7-8,12H2,1H3. The Morgan fingerprint density at radius 1 is 1.36 bits per heavy atom. The van der Waals surface area contributed by atoms with Gasteiger partial charge in [-0.25, -0.2) is 0 Å². The Morgan fingerprint density at radius 2 is 2.00 bits per heavy atom. The van der Waals surface area contributed by atoms with Crippen molar-refractivity contribution in [1.29, 1.82) is 0 Å². The van der Waals surface area contributed by atoms with Crippen LogP contribution in [0.2, 0.25) is 0 Å². The van der Waals surface area contributed by atoms with Gasteiger partial charge in [-0.1, -0.05) is 19.1 Å². The molecule has 4 N–H and O–H groups in total. The third-order valence-corrected chi connectivity index (χ3v) is 2.11. The number of nitrogens with two attached hydrogens (primary N) is 1. The van der Waals surface area contributed by atoms with Crippen molar-refractivity contribution in [1.82, 2.24) is 0 Å². The molecule has 3 heteroatoms. The molecule has 78 valence electrons. The second-order valence-corrected chi connectivity index (χ2v) is 3.34. The lowest BCUT2D eigenvalue weighted by molar-refractivity contribution is 0.268. The highest BCUT2D eigenvalue weighted by Gasteiger charge is 2.02. The maximum absolute atomic E-state index is 8.86. The van der Waals surface area contributed by atoms with Crippen LogP contribution in [0, 0.1) is 0 Å². The maximum Gasteiger partial charge on any atom is 0.0624 e. The second-order valence-electron chi connectivity index (χ2n) is 3.34. The average Bonchev–Trinajstić information content (AvgIpc) is 2.26. The van der Waals surface area contributed by atoms with Gasteiger partial charge in [-0.3, -0.25) is 0 Å². The third-order valence-electron chi connectivity index (χ3n) is 2.11. The summed E-state index contributed by atoms with van der Waals surface area (Å²) in [7, 11) is 0. The molecule has 3 nitrogen and oxygen atoms in total. The van der Waals surface area contributed by atoms with Gasteiger partial charge in [0.2, 0.25) is 0 Å². The van der Waals surface area contributed by atoms with Crippen molar-refractivity contribution in [2.45, 2.75) is 19.4 Å². The molecule has 1 rings (SSSR count). The first-order valence-corrected chi connectivity index (χ1v) is 4.98. The number of benzene rings is 1. The van der Waals surface area contributed by atoms with Crippen LogP contribution in [0.5, 0.6) is 0 Å². The Balaban J connectivity index is 2.59. The van der Waals surface area contributed by atoms with Gasteiger partial charge in [0.1, 0.15) is 0 Å². The van der Waals surface area contributed by atoms with E-state index in [-0.39, 0.29) is 12.6 Å². The molecule has 0 spiro atoms. The fraction of sp³-hybridized carbons (Fsp3) is 0.455. The molecule has 0 saturated heterocycles. The van der Waals surface area contributed by atoms with E-state index in [1.165, 1.54) is 0 Å². The van der Waals surface area contributed by atoms with Crippen molar-refractivity contribution in [3.05, 3.63) is 29.8 Å². The lowest BCUT2D eigenvalue weighted by atomic mass is 10.1. The summed E-state index contributed by atoms with van der Waals surface area (Å²) in [5.74, 6) is 0. The molecule has 0 radical (unpaired) electrons. The molecule has 1 unspecified atom stereocenters. The van der Waals surface area contributed by atoms with Gasteiger partial charge >= 0.3 is 0 Å². The van der Waals surface area contributed by atoms with Crippen LogP contribution in [-0.4, -0.2) is 18.3 Å². The fourth-order valence-corrected chi connectivity index (χ4v) is 1.22. The Morgan fingerprint density at radius 3 is 2.50 bits per heavy atom. The summed E-state index contributed by atoms with van der Waals surface area (Å²) >= 11 is 0. The first-order chi connectivity index (χ1) is 6.77. The molecule has 14 heavy (non-hydrogen) atoms. The van der Waals surface area contributed by atoms with Crippen LogP contribution in [0.25, 0.3) is 0 Å². The lowest BCUT2D eigenvalue weighted by Crippen LogP contribution is -2.14. The van der Waals surface area contributed by atoms with Crippen molar-refractivity contribution < 1.29 is 5.11 Å². The van der Waals surface area contributed by atoms with E-state index in [9.17, 15) is 0 Å². The smallest absolute Gasteiger partial charge is 0.0624 e. The SMILES string of the molecule is CCCNc1ccc(C(N)CO)cc1. The zero-order chi connectivity index (χ0) is 10.4. The predicted octanol–water partition coefficient (Wildman–Crippen LogP) is 1.50. The monoisotopic (exact) mass is 194 g/mol. The highest BCUT2D eigenvalue weighted by atomic mass is 16.3. The van der Waals surface area contributed by atoms with E-state index in [4.69, 9.17) is 10.8 Å². The van der Waals surface area contributed by atoms with Gasteiger partial charge < -0.3 is 16.2 Å². The quantitative estimate of drug-likeness (QED) is 0.665. The number of aliphatic hydroxyl groups excluding tert-OH is 1. The summed E-state index contributed by atoms with van der Waals surface area (Å²) in [6.45, 7) is 3.09. The Kier molecular flexibility index (Phi) is 4.43. The van der Waals surface area contributed by atoms with Gasteiger partial charge in [0.25, 0.3) is 0 Å². The van der Waals surface area contributed by atoms with Crippen LogP contribution >= 0.6 is 0 Å². The van der Waals surface area contributed by atoms with Crippen molar-refractivity contribution in [3.63, 3.8) is 0 Å². The molecule has 0 bridgehead atoms. The van der Waals surface area contributed by atoms with Gasteiger partial charge in [-0.2, -0.15) is 0 Å². The zero-order valence-corrected chi connectivity index (χ0v) is 8.53. The minimum absolute atomic E-state index is 0.0122. The van der Waals surface area contributed by atoms with E-state index in [2.05, 4.69) is 12.2 Å². The molecule has 0 amide bonds. The minimum atomic E-state index is -0.268. The van der Waals surface area contributed by atoms with Crippen molar-refractivity contribution in [2.75, 3.05) is 18.5 Å². The molecular weight excluding hydrogens is 176 g/mol. The Bertz CT molecular complexity index is 258. The van der Waals surface area contributed by atoms with Gasteiger partial charge in [0.15, 0.2) is 0 Å². The topological polar surface area (TPSA) is 58.3 Å². The van der Waals surface area contributed by atoms with E-state index in [0.29, 0.717) is 0 Å². The van der Waals surface area contributed by atoms with Gasteiger partial charge in [0, 0.05) is 12.2 Å². The van der Waals surface area contributed by atoms with Crippen LogP contribution in [0.15, 0.2) is 24.3 Å². The average molecular weight is 194 g/mol. The van der Waals surface area contributed by atoms with Crippen LogP contribution in [0.4, 0.5) is 5.69 Å². The van der Waals surface area contributed by atoms with Crippen LogP contribution < -0.4 is 11.1 Å². The normalized spacial score (nSPS) is 12.5. The summed E-state index contributed by atoms with van der Waals surface area (Å²) in [4.78, 5) is 0. The Hall–Kier alpha value is -1.06. The molecule has 1 atom stereocenters. The first kappa shape index (κ1) is 11.0. The van der Waals surface area contributed by atoms with E-state index in [1.807, 2.05) is 24.3 Å². The summed E-state index contributed by atoms with van der Waals surface area (Å²) in [5, 5.41) is 12.1. The largest absolute Gasteiger partial charge is 0.394 e. The highest BCUT2D eigenvalue weighted by molar-refractivity contribution is 5.45. The van der Waals surface area contributed by atoms with Crippen LogP contribution in [0.3, 0.4) is 0 Å². The summed E-state index contributed by atoms with van der Waals surface area (Å²) in [6, 6.07) is 7.59. The number of nitrogens with one attached hydrogen (secondary N) is 1. The predicted molar refractivity (Wildman–Crippen MR) is 59.2 cm³/mol. The second kappa shape index (κ2) is 5.62. The number of anilines is 1. The van der Waals surface area contributed by atoms with E-state index >= 15 is 0 Å². The number of aliphatic hydroxyl groups is 1. The van der Waals surface area contributed by atoms with E-state index < -0.39 is 0 Å². The maximum atomic E-state index is 8.86. The molecule has 0 aliphatic heterocycles. The molecule has 0 aliphatic rings. The van der Waals surface area contributed by atoms with Gasteiger partial charge in [-0.15, -0.1) is 0 Å². The van der Waals surface area contributed by atoms with Gasteiger partial charge in [0.05, 0.1) is 12.6 Å². The zero-order valence-electron chi connectivity index (χ0n) is 8.53. The molecular formula is C11H18N2O. The highest BCUT2D eigenvalue weighted by Crippen LogP contribution is 2.14. The third kappa shape index (κ3) is 3.01. The van der Waals surface area contributed by atoms with Crippen molar-refractivity contribution in [3.8, 4) is 0 Å². The molecule has 1 aromatic rings. The van der Waals surface area contributed by atoms with Crippen LogP contribution in [-0.2, 0) is 0 Å². The molecule has 1 aromatic carbocycles. The van der Waals surface area contributed by atoms with Crippen LogP contribution in [0.1, 0.15) is 24.9 Å². The summed E-state index contributed by atoms with van der Waals surface area (Å²) in [6.07, 6.45) is 1.11. The summed E-state index contributed by atoms with van der Waals surface area (Å²) in [5.41, 5.74) is 7.74. The van der Waals surface area contributed by atoms with Crippen molar-refractivity contribution >= 4 is 5.69 Å². The number of rotatable bonds is 5. The Labute approximate surface area is 84.9 Å². The van der Waals surface area contributed by atoms with Gasteiger partial charge in [-0.05, 0) is 24.1 Å². The fourth-order valence-electron chi connectivity index (χ4n) is 1.22. The molecule has 0 aliphatic carbocycles.